The molecule has 5 aromatic rings. The van der Waals surface area contributed by atoms with Crippen molar-refractivity contribution in [2.75, 3.05) is 5.32 Å². The van der Waals surface area contributed by atoms with Crippen molar-refractivity contribution in [2.45, 2.75) is 6.36 Å². The molecule has 0 bridgehead atoms. The number of nitrogens with zero attached hydrogens (tertiary/aromatic N) is 3. The van der Waals surface area contributed by atoms with Crippen molar-refractivity contribution in [1.82, 2.24) is 14.5 Å². The van der Waals surface area contributed by atoms with E-state index in [0.29, 0.717) is 21.3 Å². The topological polar surface area (TPSA) is 80.5 Å². The molecule has 2 amide bonds. The number of anilines is 1. The molecule has 0 saturated heterocycles. The molecule has 0 unspecified atom stereocenters. The Morgan fingerprint density at radius 3 is 2.42 bits per heavy atom. The van der Waals surface area contributed by atoms with Gasteiger partial charge in [0.15, 0.2) is 0 Å². The smallest absolute Gasteiger partial charge is 0.406 e. The first kappa shape index (κ1) is 27.6. The van der Waals surface area contributed by atoms with Gasteiger partial charge < -0.3 is 10.1 Å². The lowest BCUT2D eigenvalue weighted by Crippen LogP contribution is -2.22. The second kappa shape index (κ2) is 11.3. The Kier molecular flexibility index (Phi) is 7.79. The maximum absolute atomic E-state index is 12.5. The number of benzene rings is 4. The standard InChI is InChI=1S/C27H18Cl2F3N5O2S/c1-37-25(16-6-9-18(10-7-16)39-27(30,31)32)20-12-8-17-13-15(5-11-19(17)23(20)35-37)14-33-40-36-26(38)34-24-21(28)3-2-4-22(24)29/h2-14H,1H3,(H2,34,36,38)/b33-14+. The zero-order chi connectivity index (χ0) is 28.4. The fraction of sp³-hybridized carbons (Fsp3) is 0.0741. The lowest BCUT2D eigenvalue weighted by atomic mass is 10.0. The van der Waals surface area contributed by atoms with Gasteiger partial charge in [0.2, 0.25) is 0 Å². The lowest BCUT2D eigenvalue weighted by Gasteiger charge is -2.09. The van der Waals surface area contributed by atoms with Crippen LogP contribution in [0.3, 0.4) is 0 Å². The van der Waals surface area contributed by atoms with Gasteiger partial charge in [-0.25, -0.2) is 9.19 Å². The van der Waals surface area contributed by atoms with Gasteiger partial charge in [0.05, 0.1) is 33.6 Å². The van der Waals surface area contributed by atoms with Crippen LogP contribution in [-0.2, 0) is 7.05 Å². The van der Waals surface area contributed by atoms with Crippen molar-refractivity contribution >= 4 is 74.9 Å². The summed E-state index contributed by atoms with van der Waals surface area (Å²) >= 11 is 13.0. The van der Waals surface area contributed by atoms with Gasteiger partial charge in [0.1, 0.15) is 11.3 Å². The number of nitrogens with one attached hydrogen (secondary N) is 2. The van der Waals surface area contributed by atoms with Crippen molar-refractivity contribution in [3.8, 4) is 17.0 Å². The summed E-state index contributed by atoms with van der Waals surface area (Å²) in [4.78, 5) is 12.1. The van der Waals surface area contributed by atoms with Crippen LogP contribution in [0.4, 0.5) is 23.7 Å². The predicted octanol–water partition coefficient (Wildman–Crippen LogP) is 8.40. The van der Waals surface area contributed by atoms with Crippen LogP contribution in [0.25, 0.3) is 32.9 Å². The molecular weight excluding hydrogens is 586 g/mol. The Morgan fingerprint density at radius 2 is 1.73 bits per heavy atom. The number of hydrogen-bond donors (Lipinski definition) is 2. The Hall–Kier alpha value is -3.93. The molecule has 4 aromatic carbocycles. The van der Waals surface area contributed by atoms with Crippen LogP contribution in [0, 0.1) is 0 Å². The Morgan fingerprint density at radius 1 is 1.02 bits per heavy atom. The molecule has 0 fully saturated rings. The van der Waals surface area contributed by atoms with Gasteiger partial charge in [0, 0.05) is 29.6 Å². The second-order valence-corrected chi connectivity index (χ2v) is 9.88. The van der Waals surface area contributed by atoms with Crippen molar-refractivity contribution in [3.63, 3.8) is 0 Å². The van der Waals surface area contributed by atoms with Crippen molar-refractivity contribution in [1.29, 1.82) is 0 Å². The zero-order valence-corrected chi connectivity index (χ0v) is 22.8. The first-order valence-corrected chi connectivity index (χ1v) is 13.1. The molecule has 1 aromatic heterocycles. The van der Waals surface area contributed by atoms with E-state index in [0.717, 1.165) is 45.1 Å². The first-order valence-electron chi connectivity index (χ1n) is 11.5. The van der Waals surface area contributed by atoms with E-state index in [1.807, 2.05) is 30.3 Å². The number of rotatable bonds is 6. The number of alkyl halides is 3. The minimum absolute atomic E-state index is 0.290. The summed E-state index contributed by atoms with van der Waals surface area (Å²) < 4.78 is 49.9. The summed E-state index contributed by atoms with van der Waals surface area (Å²) in [5.41, 5.74) is 3.32. The number of fused-ring (bicyclic) bond motifs is 3. The van der Waals surface area contributed by atoms with Crippen LogP contribution in [0.15, 0.2) is 77.2 Å². The fourth-order valence-corrected chi connectivity index (χ4v) is 5.01. The van der Waals surface area contributed by atoms with Crippen LogP contribution < -0.4 is 14.8 Å². The van der Waals surface area contributed by atoms with Crippen molar-refractivity contribution < 1.29 is 22.7 Å². The highest BCUT2D eigenvalue weighted by atomic mass is 35.5. The molecule has 2 N–H and O–H groups in total. The van der Waals surface area contributed by atoms with E-state index in [4.69, 9.17) is 23.2 Å². The summed E-state index contributed by atoms with van der Waals surface area (Å²) in [5.74, 6) is -0.290. The van der Waals surface area contributed by atoms with Gasteiger partial charge in [-0.05, 0) is 59.5 Å². The Labute approximate surface area is 240 Å². The highest BCUT2D eigenvalue weighted by Gasteiger charge is 2.31. The molecule has 0 aliphatic carbocycles. The highest BCUT2D eigenvalue weighted by molar-refractivity contribution is 7.96. The maximum atomic E-state index is 12.5. The molecule has 7 nitrogen and oxygen atoms in total. The minimum Gasteiger partial charge on any atom is -0.406 e. The highest BCUT2D eigenvalue weighted by Crippen LogP contribution is 2.34. The van der Waals surface area contributed by atoms with Crippen LogP contribution in [0.1, 0.15) is 5.56 Å². The number of hydrogen-bond acceptors (Lipinski definition) is 5. The fourth-order valence-electron chi connectivity index (χ4n) is 4.15. The third-order valence-electron chi connectivity index (χ3n) is 5.80. The van der Waals surface area contributed by atoms with E-state index < -0.39 is 12.4 Å². The average Bonchev–Trinajstić information content (AvgIpc) is 3.24. The number of urea groups is 1. The number of halogens is 5. The number of para-hydroxylation sites is 1. The first-order chi connectivity index (χ1) is 19.1. The maximum Gasteiger partial charge on any atom is 0.573 e. The summed E-state index contributed by atoms with van der Waals surface area (Å²) in [6.45, 7) is 0. The van der Waals surface area contributed by atoms with E-state index >= 15 is 0 Å². The van der Waals surface area contributed by atoms with E-state index in [2.05, 4.69) is 24.3 Å². The van der Waals surface area contributed by atoms with Gasteiger partial charge in [-0.1, -0.05) is 47.5 Å². The molecule has 0 atom stereocenters. The average molecular weight is 604 g/mol. The quantitative estimate of drug-likeness (QED) is 0.151. The number of carbonyl (C=O) groups is 1. The third kappa shape index (κ3) is 6.11. The van der Waals surface area contributed by atoms with E-state index in [1.165, 1.54) is 12.1 Å². The summed E-state index contributed by atoms with van der Waals surface area (Å²) in [6.07, 6.45) is -3.15. The monoisotopic (exact) mass is 603 g/mol. The Balaban J connectivity index is 1.30. The lowest BCUT2D eigenvalue weighted by molar-refractivity contribution is -0.274. The molecule has 0 aliphatic rings. The molecule has 13 heteroatoms. The van der Waals surface area contributed by atoms with E-state index in [-0.39, 0.29) is 5.75 Å². The number of aromatic nitrogens is 2. The molecule has 5 rings (SSSR count). The van der Waals surface area contributed by atoms with Crippen LogP contribution in [0.2, 0.25) is 10.0 Å². The molecule has 0 spiro atoms. The van der Waals surface area contributed by atoms with Crippen molar-refractivity contribution in [2.24, 2.45) is 11.4 Å². The number of ether oxygens (including phenoxy) is 1. The third-order valence-corrected chi connectivity index (χ3v) is 6.92. The van der Waals surface area contributed by atoms with E-state index in [1.54, 1.807) is 48.3 Å². The number of carbonyl (C=O) groups excluding carboxylic acids is 1. The summed E-state index contributed by atoms with van der Waals surface area (Å²) in [6, 6.07) is 19.6. The van der Waals surface area contributed by atoms with Gasteiger partial charge in [-0.2, -0.15) is 5.10 Å². The van der Waals surface area contributed by atoms with Gasteiger partial charge in [-0.3, -0.25) is 9.40 Å². The van der Waals surface area contributed by atoms with Gasteiger partial charge in [0.25, 0.3) is 0 Å². The van der Waals surface area contributed by atoms with Crippen molar-refractivity contribution in [3.05, 3.63) is 88.4 Å². The molecule has 0 aliphatic heterocycles. The largest absolute Gasteiger partial charge is 0.573 e. The normalized spacial score (nSPS) is 11.8. The van der Waals surface area contributed by atoms with E-state index in [9.17, 15) is 18.0 Å². The predicted molar refractivity (Wildman–Crippen MR) is 154 cm³/mol. The molecular formula is C27H18Cl2F3N5O2S. The zero-order valence-electron chi connectivity index (χ0n) is 20.5. The Bertz CT molecular complexity index is 1740. The summed E-state index contributed by atoms with van der Waals surface area (Å²) in [7, 11) is 1.78. The van der Waals surface area contributed by atoms with Crippen LogP contribution in [0.5, 0.6) is 5.75 Å². The number of aryl methyl sites for hydroxylation is 1. The van der Waals surface area contributed by atoms with Gasteiger partial charge in [-0.15, -0.1) is 13.2 Å². The minimum atomic E-state index is -4.75. The summed E-state index contributed by atoms with van der Waals surface area (Å²) in [5, 5.41) is 10.5. The number of amides is 2. The van der Waals surface area contributed by atoms with Crippen LogP contribution >= 0.6 is 35.3 Å². The molecule has 0 saturated carbocycles. The molecule has 204 valence electrons. The molecule has 40 heavy (non-hydrogen) atoms. The molecule has 0 radical (unpaired) electrons. The van der Waals surface area contributed by atoms with Crippen LogP contribution in [-0.4, -0.2) is 28.4 Å². The second-order valence-electron chi connectivity index (χ2n) is 8.47. The SMILES string of the molecule is Cn1nc2c(ccc3cc(/C=N/SNC(=O)Nc4c(Cl)cccc4Cl)ccc32)c1-c1ccc(OC(F)(F)F)cc1. The van der Waals surface area contributed by atoms with Gasteiger partial charge >= 0.3 is 12.4 Å². The molecule has 1 heterocycles.